The molecule has 2 aromatic carbocycles. The number of aromatic amines is 2. The number of imidazole rings is 1. The van der Waals surface area contributed by atoms with E-state index in [9.17, 15) is 9.59 Å². The van der Waals surface area contributed by atoms with Crippen molar-refractivity contribution >= 4 is 44.0 Å². The van der Waals surface area contributed by atoms with Gasteiger partial charge in [0.05, 0.1) is 31.5 Å². The van der Waals surface area contributed by atoms with Crippen molar-refractivity contribution in [3.63, 3.8) is 0 Å². The van der Waals surface area contributed by atoms with Crippen molar-refractivity contribution in [1.82, 2.24) is 20.3 Å². The molecule has 3 heterocycles. The number of Topliss-reactive ketones (excluding diaryl/α,β-unsaturated/α-hetero) is 1. The summed E-state index contributed by atoms with van der Waals surface area (Å²) >= 11 is 1.71. The average molecular weight is 557 g/mol. The summed E-state index contributed by atoms with van der Waals surface area (Å²) in [5.74, 6) is 1.75. The van der Waals surface area contributed by atoms with Gasteiger partial charge >= 0.3 is 0 Å². The molecule has 0 saturated carbocycles. The summed E-state index contributed by atoms with van der Waals surface area (Å²) in [6, 6.07) is 14.0. The maximum atomic E-state index is 13.4. The van der Waals surface area contributed by atoms with Crippen LogP contribution in [0.4, 0.5) is 0 Å². The molecule has 0 bridgehead atoms. The number of carbonyl (C=O) groups excluding carboxylic acids is 2. The minimum atomic E-state index is -0.259. The van der Waals surface area contributed by atoms with Gasteiger partial charge in [0.15, 0.2) is 0 Å². The Morgan fingerprint density at radius 1 is 1.10 bits per heavy atom. The first-order valence-corrected chi connectivity index (χ1v) is 14.8. The van der Waals surface area contributed by atoms with Crippen LogP contribution in [0.1, 0.15) is 68.6 Å². The maximum absolute atomic E-state index is 13.4. The Bertz CT molecular complexity index is 1630. The number of aryl methyl sites for hydroxylation is 1. The molecule has 1 amide bonds. The number of ketones is 1. The van der Waals surface area contributed by atoms with Crippen molar-refractivity contribution in [2.24, 2.45) is 0 Å². The molecule has 0 radical (unpaired) electrons. The van der Waals surface area contributed by atoms with Crippen LogP contribution in [0.3, 0.4) is 0 Å². The number of fused-ring (bicyclic) bond motifs is 2. The smallest absolute Gasteiger partial charge is 0.225 e. The molecule has 0 fully saturated rings. The van der Waals surface area contributed by atoms with Crippen molar-refractivity contribution < 1.29 is 14.3 Å². The Hall–Kier alpha value is -3.91. The lowest BCUT2D eigenvalue weighted by atomic mass is 10.0. The van der Waals surface area contributed by atoms with E-state index in [0.717, 1.165) is 70.7 Å². The van der Waals surface area contributed by atoms with Crippen LogP contribution in [0.2, 0.25) is 0 Å². The number of carbonyl (C=O) groups is 2. The number of ether oxygens (including phenoxy) is 1. The van der Waals surface area contributed by atoms with Crippen LogP contribution in [0.5, 0.6) is 5.75 Å². The van der Waals surface area contributed by atoms with Crippen molar-refractivity contribution in [1.29, 1.82) is 0 Å². The Kier molecular flexibility index (Phi) is 8.65. The minimum Gasteiger partial charge on any atom is -0.497 e. The van der Waals surface area contributed by atoms with Crippen LogP contribution in [0, 0.1) is 6.92 Å². The van der Waals surface area contributed by atoms with E-state index in [4.69, 9.17) is 9.72 Å². The molecule has 3 aromatic heterocycles. The molecule has 0 saturated heterocycles. The van der Waals surface area contributed by atoms with Gasteiger partial charge in [0.1, 0.15) is 17.4 Å². The fraction of sp³-hybridized carbons (Fsp3) is 0.344. The second kappa shape index (κ2) is 12.5. The molecule has 0 aliphatic heterocycles. The van der Waals surface area contributed by atoms with Crippen molar-refractivity contribution in [3.8, 4) is 17.0 Å². The lowest BCUT2D eigenvalue weighted by Crippen LogP contribution is -2.30. The number of benzene rings is 2. The predicted octanol–water partition coefficient (Wildman–Crippen LogP) is 7.42. The average Bonchev–Trinajstić information content (AvgIpc) is 3.71. The van der Waals surface area contributed by atoms with Crippen molar-refractivity contribution in [2.45, 2.75) is 64.8 Å². The standard InChI is InChI=1S/C32H36N4O3S/c1-4-22(37)10-6-5-7-12-28(32-33-19-29(36-32)24-11-8-9-21-15-16-40-31(21)24)35-30(38)18-25-20(2)34-27-14-13-23(39-3)17-26(25)27/h8-9,11,13-17,19,28,34H,4-7,10,12,18H2,1-3H3,(H,33,36)(H,35,38). The van der Waals surface area contributed by atoms with Gasteiger partial charge in [-0.15, -0.1) is 11.3 Å². The zero-order chi connectivity index (χ0) is 28.1. The molecule has 5 aromatic rings. The van der Waals surface area contributed by atoms with Gasteiger partial charge in [-0.1, -0.05) is 38.0 Å². The highest BCUT2D eigenvalue weighted by molar-refractivity contribution is 7.17. The maximum Gasteiger partial charge on any atom is 0.225 e. The number of H-pyrrole nitrogens is 2. The summed E-state index contributed by atoms with van der Waals surface area (Å²) in [6.45, 7) is 3.90. The molecular weight excluding hydrogens is 520 g/mol. The van der Waals surface area contributed by atoms with Crippen LogP contribution in [-0.2, 0) is 16.0 Å². The molecule has 5 rings (SSSR count). The normalized spacial score (nSPS) is 12.2. The molecule has 0 spiro atoms. The van der Waals surface area contributed by atoms with Crippen LogP contribution in [0.15, 0.2) is 54.0 Å². The minimum absolute atomic E-state index is 0.0590. The number of hydrogen-bond acceptors (Lipinski definition) is 5. The number of thiophene rings is 1. The zero-order valence-electron chi connectivity index (χ0n) is 23.3. The van der Waals surface area contributed by atoms with Crippen LogP contribution in [0.25, 0.3) is 32.2 Å². The molecule has 0 aliphatic carbocycles. The molecule has 208 valence electrons. The highest BCUT2D eigenvalue weighted by Gasteiger charge is 2.21. The number of amides is 1. The van der Waals surface area contributed by atoms with E-state index < -0.39 is 0 Å². The summed E-state index contributed by atoms with van der Waals surface area (Å²) in [5, 5.41) is 7.55. The van der Waals surface area contributed by atoms with Crippen LogP contribution >= 0.6 is 11.3 Å². The highest BCUT2D eigenvalue weighted by atomic mass is 32.1. The van der Waals surface area contributed by atoms with Gasteiger partial charge in [-0.3, -0.25) is 9.59 Å². The number of nitrogens with zero attached hydrogens (tertiary/aromatic N) is 1. The van der Waals surface area contributed by atoms with Gasteiger partial charge in [0.25, 0.3) is 0 Å². The molecular formula is C32H36N4O3S. The number of unbranched alkanes of at least 4 members (excludes halogenated alkanes) is 2. The van der Waals surface area contributed by atoms with Gasteiger partial charge in [0, 0.05) is 39.7 Å². The number of aromatic nitrogens is 3. The van der Waals surface area contributed by atoms with E-state index >= 15 is 0 Å². The first-order valence-electron chi connectivity index (χ1n) is 13.9. The molecule has 7 nitrogen and oxygen atoms in total. The number of hydrogen-bond donors (Lipinski definition) is 3. The van der Waals surface area contributed by atoms with Crippen LogP contribution in [-0.4, -0.2) is 33.8 Å². The summed E-state index contributed by atoms with van der Waals surface area (Å²) in [5.41, 5.74) is 4.97. The fourth-order valence-electron chi connectivity index (χ4n) is 5.28. The van der Waals surface area contributed by atoms with Crippen LogP contribution < -0.4 is 10.1 Å². The molecule has 1 atom stereocenters. The van der Waals surface area contributed by atoms with Gasteiger partial charge in [-0.25, -0.2) is 4.98 Å². The lowest BCUT2D eigenvalue weighted by molar-refractivity contribution is -0.121. The zero-order valence-corrected chi connectivity index (χ0v) is 24.1. The Labute approximate surface area is 238 Å². The van der Waals surface area contributed by atoms with Gasteiger partial charge in [-0.05, 0) is 60.4 Å². The summed E-state index contributed by atoms with van der Waals surface area (Å²) in [7, 11) is 1.65. The van der Waals surface area contributed by atoms with Gasteiger partial charge in [0.2, 0.25) is 5.91 Å². The molecule has 3 N–H and O–H groups in total. The molecule has 1 unspecified atom stereocenters. The Balaban J connectivity index is 1.35. The monoisotopic (exact) mass is 556 g/mol. The first-order chi connectivity index (χ1) is 19.5. The molecule has 0 aliphatic rings. The molecule has 40 heavy (non-hydrogen) atoms. The topological polar surface area (TPSA) is 99.9 Å². The third-order valence-corrected chi connectivity index (χ3v) is 8.50. The quantitative estimate of drug-likeness (QED) is 0.131. The van der Waals surface area contributed by atoms with E-state index in [1.54, 1.807) is 18.4 Å². The fourth-order valence-corrected chi connectivity index (χ4v) is 6.21. The number of rotatable bonds is 13. The second-order valence-electron chi connectivity index (χ2n) is 10.3. The van der Waals surface area contributed by atoms with E-state index in [1.165, 1.54) is 10.1 Å². The van der Waals surface area contributed by atoms with E-state index in [1.807, 2.05) is 38.2 Å². The first kappa shape index (κ1) is 27.6. The van der Waals surface area contributed by atoms with Gasteiger partial charge < -0.3 is 20.0 Å². The molecule has 8 heteroatoms. The van der Waals surface area contributed by atoms with E-state index in [2.05, 4.69) is 44.9 Å². The summed E-state index contributed by atoms with van der Waals surface area (Å²) in [4.78, 5) is 36.8. The Morgan fingerprint density at radius 3 is 2.80 bits per heavy atom. The summed E-state index contributed by atoms with van der Waals surface area (Å²) in [6.07, 6.45) is 6.75. The second-order valence-corrected chi connectivity index (χ2v) is 11.2. The lowest BCUT2D eigenvalue weighted by Gasteiger charge is -2.17. The third kappa shape index (κ3) is 6.12. The van der Waals surface area contributed by atoms with E-state index in [0.29, 0.717) is 18.6 Å². The van der Waals surface area contributed by atoms with Gasteiger partial charge in [-0.2, -0.15) is 0 Å². The number of nitrogens with one attached hydrogen (secondary N) is 3. The van der Waals surface area contributed by atoms with Crippen molar-refractivity contribution in [3.05, 3.63) is 71.1 Å². The van der Waals surface area contributed by atoms with E-state index in [-0.39, 0.29) is 18.4 Å². The Morgan fingerprint density at radius 2 is 1.98 bits per heavy atom. The number of methoxy groups -OCH3 is 1. The largest absolute Gasteiger partial charge is 0.497 e. The highest BCUT2D eigenvalue weighted by Crippen LogP contribution is 2.33. The predicted molar refractivity (Wildman–Crippen MR) is 162 cm³/mol. The SMILES string of the molecule is CCC(=O)CCCCCC(NC(=O)Cc1c(C)[nH]c2ccc(OC)cc12)c1ncc(-c2cccc3ccsc23)[nH]1. The summed E-state index contributed by atoms with van der Waals surface area (Å²) < 4.78 is 6.63. The third-order valence-electron chi connectivity index (χ3n) is 7.54. The van der Waals surface area contributed by atoms with Crippen molar-refractivity contribution in [2.75, 3.05) is 7.11 Å².